The maximum absolute atomic E-state index is 12.9. The van der Waals surface area contributed by atoms with Gasteiger partial charge in [-0.05, 0) is 24.6 Å². The first-order chi connectivity index (χ1) is 10.8. The summed E-state index contributed by atoms with van der Waals surface area (Å²) >= 11 is 5.86. The fraction of sp³-hybridized carbons (Fsp3) is 0.375. The molecule has 0 spiro atoms. The number of rotatable bonds is 5. The monoisotopic (exact) mass is 339 g/mol. The Morgan fingerprint density at radius 3 is 2.70 bits per heavy atom. The molecule has 1 amide bonds. The Labute approximate surface area is 137 Å². The first-order valence-electron chi connectivity index (χ1n) is 7.30. The van der Waals surface area contributed by atoms with Crippen molar-refractivity contribution in [2.24, 2.45) is 5.92 Å². The smallest absolute Gasteiger partial charge is 0.252 e. The molecule has 0 saturated heterocycles. The highest BCUT2D eigenvalue weighted by Crippen LogP contribution is 2.50. The predicted octanol–water partition coefficient (Wildman–Crippen LogP) is 3.88. The van der Waals surface area contributed by atoms with Crippen LogP contribution in [0.1, 0.15) is 24.1 Å². The van der Waals surface area contributed by atoms with Gasteiger partial charge in [0.05, 0.1) is 12.2 Å². The van der Waals surface area contributed by atoms with Crippen molar-refractivity contribution < 1.29 is 13.6 Å². The Morgan fingerprint density at radius 1 is 1.43 bits per heavy atom. The first kappa shape index (κ1) is 15.9. The Hall–Kier alpha value is -1.95. The van der Waals surface area contributed by atoms with E-state index in [0.717, 1.165) is 11.3 Å². The number of alkyl halides is 2. The molecule has 2 aromatic rings. The summed E-state index contributed by atoms with van der Waals surface area (Å²) < 4.78 is 27.4. The van der Waals surface area contributed by atoms with Crippen molar-refractivity contribution in [2.75, 3.05) is 5.32 Å². The van der Waals surface area contributed by atoms with E-state index in [4.69, 9.17) is 11.6 Å². The van der Waals surface area contributed by atoms with Crippen molar-refractivity contribution in [2.45, 2.75) is 32.2 Å². The van der Waals surface area contributed by atoms with Gasteiger partial charge in [-0.15, -0.1) is 0 Å². The first-order valence-corrected chi connectivity index (χ1v) is 7.68. The van der Waals surface area contributed by atoms with Gasteiger partial charge >= 0.3 is 0 Å². The van der Waals surface area contributed by atoms with Crippen LogP contribution in [-0.4, -0.2) is 21.6 Å². The average Bonchev–Trinajstić information content (AvgIpc) is 2.90. The average molecular weight is 340 g/mol. The van der Waals surface area contributed by atoms with Crippen molar-refractivity contribution in [3.8, 4) is 0 Å². The van der Waals surface area contributed by atoms with Gasteiger partial charge in [0, 0.05) is 29.8 Å². The molecule has 1 heterocycles. The summed E-state index contributed by atoms with van der Waals surface area (Å²) in [6.07, 6.45) is -0.373. The third-order valence-corrected chi connectivity index (χ3v) is 4.05. The lowest BCUT2D eigenvalue weighted by molar-refractivity contribution is -0.117. The maximum Gasteiger partial charge on any atom is 0.252 e. The van der Waals surface area contributed by atoms with Gasteiger partial charge in [-0.2, -0.15) is 5.10 Å². The zero-order valence-corrected chi connectivity index (χ0v) is 13.3. The van der Waals surface area contributed by atoms with Crippen LogP contribution in [0, 0.1) is 12.8 Å². The summed E-state index contributed by atoms with van der Waals surface area (Å²) in [7, 11) is 0. The Kier molecular flexibility index (Phi) is 4.10. The molecule has 1 fully saturated rings. The van der Waals surface area contributed by atoms with E-state index in [1.165, 1.54) is 0 Å². The summed E-state index contributed by atoms with van der Waals surface area (Å²) in [5.74, 6) is -3.43. The Bertz CT molecular complexity index is 727. The molecular weight excluding hydrogens is 324 g/mol. The summed E-state index contributed by atoms with van der Waals surface area (Å²) in [5, 5.41) is 7.64. The highest BCUT2D eigenvalue weighted by molar-refractivity contribution is 6.30. The van der Waals surface area contributed by atoms with Gasteiger partial charge in [0.15, 0.2) is 0 Å². The lowest BCUT2D eigenvalue weighted by Gasteiger charge is -2.09. The molecule has 1 aromatic heterocycles. The molecule has 1 unspecified atom stereocenters. The van der Waals surface area contributed by atoms with E-state index in [1.54, 1.807) is 22.9 Å². The van der Waals surface area contributed by atoms with E-state index in [0.29, 0.717) is 17.4 Å². The summed E-state index contributed by atoms with van der Waals surface area (Å²) in [5.41, 5.74) is 1.72. The molecular formula is C16H16ClF2N3O. The number of nitrogens with one attached hydrogen (secondary N) is 1. The molecule has 0 bridgehead atoms. The Balaban J connectivity index is 1.68. The molecule has 1 N–H and O–H groups in total. The van der Waals surface area contributed by atoms with Crippen LogP contribution in [0.15, 0.2) is 30.3 Å². The SMILES string of the molecule is Cc1cc(NC(=O)CC2CC2(F)F)n(Cc2ccc(Cl)cc2)n1. The van der Waals surface area contributed by atoms with E-state index in [2.05, 4.69) is 10.4 Å². The maximum atomic E-state index is 12.9. The van der Waals surface area contributed by atoms with Crippen LogP contribution < -0.4 is 5.32 Å². The second-order valence-corrected chi connectivity index (χ2v) is 6.31. The number of carbonyl (C=O) groups excluding carboxylic acids is 1. The van der Waals surface area contributed by atoms with Crippen molar-refractivity contribution in [3.63, 3.8) is 0 Å². The van der Waals surface area contributed by atoms with Crippen LogP contribution in [0.5, 0.6) is 0 Å². The molecule has 0 radical (unpaired) electrons. The third kappa shape index (κ3) is 3.88. The van der Waals surface area contributed by atoms with Gasteiger partial charge < -0.3 is 5.32 Å². The Morgan fingerprint density at radius 2 is 2.09 bits per heavy atom. The zero-order valence-electron chi connectivity index (χ0n) is 12.5. The minimum Gasteiger partial charge on any atom is -0.311 e. The minimum atomic E-state index is -2.68. The number of aryl methyl sites for hydroxylation is 1. The highest BCUT2D eigenvalue weighted by Gasteiger charge is 2.57. The molecule has 1 aromatic carbocycles. The van der Waals surface area contributed by atoms with Crippen LogP contribution in [0.2, 0.25) is 5.02 Å². The van der Waals surface area contributed by atoms with Crippen molar-refractivity contribution >= 4 is 23.3 Å². The highest BCUT2D eigenvalue weighted by atomic mass is 35.5. The number of halogens is 3. The van der Waals surface area contributed by atoms with Crippen LogP contribution in [-0.2, 0) is 11.3 Å². The second kappa shape index (κ2) is 5.92. The van der Waals surface area contributed by atoms with Gasteiger partial charge in [0.2, 0.25) is 5.91 Å². The third-order valence-electron chi connectivity index (χ3n) is 3.80. The summed E-state index contributed by atoms with van der Waals surface area (Å²) in [6, 6.07) is 9.02. The number of aromatic nitrogens is 2. The number of benzene rings is 1. The number of anilines is 1. The molecule has 0 aliphatic heterocycles. The van der Waals surface area contributed by atoms with Gasteiger partial charge in [-0.1, -0.05) is 23.7 Å². The predicted molar refractivity (Wildman–Crippen MR) is 83.8 cm³/mol. The van der Waals surface area contributed by atoms with Crippen LogP contribution in [0.4, 0.5) is 14.6 Å². The van der Waals surface area contributed by atoms with E-state index in [1.807, 2.05) is 19.1 Å². The quantitative estimate of drug-likeness (QED) is 0.898. The number of hydrogen-bond acceptors (Lipinski definition) is 2. The largest absolute Gasteiger partial charge is 0.311 e. The molecule has 4 nitrogen and oxygen atoms in total. The number of amides is 1. The zero-order chi connectivity index (χ0) is 16.6. The molecule has 1 atom stereocenters. The van der Waals surface area contributed by atoms with Crippen LogP contribution in [0.3, 0.4) is 0 Å². The fourth-order valence-electron chi connectivity index (χ4n) is 2.44. The normalized spacial score (nSPS) is 18.7. The minimum absolute atomic E-state index is 0.168. The summed E-state index contributed by atoms with van der Waals surface area (Å²) in [4.78, 5) is 11.9. The van der Waals surface area contributed by atoms with Crippen LogP contribution in [0.25, 0.3) is 0 Å². The number of carbonyl (C=O) groups is 1. The molecule has 1 saturated carbocycles. The van der Waals surface area contributed by atoms with E-state index in [9.17, 15) is 13.6 Å². The van der Waals surface area contributed by atoms with Crippen molar-refractivity contribution in [1.29, 1.82) is 0 Å². The van der Waals surface area contributed by atoms with Gasteiger partial charge in [-0.3, -0.25) is 4.79 Å². The van der Waals surface area contributed by atoms with Gasteiger partial charge in [-0.25, -0.2) is 13.5 Å². The van der Waals surface area contributed by atoms with Gasteiger partial charge in [0.1, 0.15) is 5.82 Å². The standard InChI is InChI=1S/C16H16ClF2N3O/c1-10-6-14(20-15(23)7-12-8-16(12,18)19)22(21-10)9-11-2-4-13(17)5-3-11/h2-6,12H,7-9H2,1H3,(H,20,23). The van der Waals surface area contributed by atoms with Crippen LogP contribution >= 0.6 is 11.6 Å². The van der Waals surface area contributed by atoms with E-state index in [-0.39, 0.29) is 12.8 Å². The lowest BCUT2D eigenvalue weighted by atomic mass is 10.2. The molecule has 1 aliphatic carbocycles. The molecule has 23 heavy (non-hydrogen) atoms. The van der Waals surface area contributed by atoms with Gasteiger partial charge in [0.25, 0.3) is 5.92 Å². The van der Waals surface area contributed by atoms with E-state index < -0.39 is 17.7 Å². The summed E-state index contributed by atoms with van der Waals surface area (Å²) in [6.45, 7) is 2.27. The van der Waals surface area contributed by atoms with Crippen molar-refractivity contribution in [1.82, 2.24) is 9.78 Å². The van der Waals surface area contributed by atoms with Crippen molar-refractivity contribution in [3.05, 3.63) is 46.6 Å². The number of nitrogens with zero attached hydrogens (tertiary/aromatic N) is 2. The molecule has 3 rings (SSSR count). The van der Waals surface area contributed by atoms with E-state index >= 15 is 0 Å². The second-order valence-electron chi connectivity index (χ2n) is 5.87. The molecule has 1 aliphatic rings. The molecule has 7 heteroatoms. The topological polar surface area (TPSA) is 46.9 Å². The fourth-order valence-corrected chi connectivity index (χ4v) is 2.56. The lowest BCUT2D eigenvalue weighted by Crippen LogP contribution is -2.17. The number of hydrogen-bond donors (Lipinski definition) is 1. The molecule has 122 valence electrons.